The Morgan fingerprint density at radius 2 is 1.65 bits per heavy atom. The van der Waals surface area contributed by atoms with Crippen molar-refractivity contribution in [2.75, 3.05) is 36.9 Å². The first kappa shape index (κ1) is 27.3. The number of rotatable bonds is 6. The summed E-state index contributed by atoms with van der Waals surface area (Å²) in [4.78, 5) is 32.2. The molecule has 0 aliphatic carbocycles. The van der Waals surface area contributed by atoms with E-state index in [1.54, 1.807) is 12.1 Å². The van der Waals surface area contributed by atoms with Crippen molar-refractivity contribution in [1.82, 2.24) is 9.88 Å². The van der Waals surface area contributed by atoms with Gasteiger partial charge in [-0.15, -0.1) is 0 Å². The molecule has 1 aromatic heterocycles. The third-order valence-corrected chi connectivity index (χ3v) is 7.20. The van der Waals surface area contributed by atoms with Gasteiger partial charge in [-0.05, 0) is 46.2 Å². The van der Waals surface area contributed by atoms with E-state index < -0.39 is 11.9 Å². The summed E-state index contributed by atoms with van der Waals surface area (Å²) in [6.07, 6.45) is 1.91. The molecule has 3 amide bonds. The van der Waals surface area contributed by atoms with Crippen LogP contribution < -0.4 is 16.4 Å². The molecule has 206 valence electrons. The summed E-state index contributed by atoms with van der Waals surface area (Å²) >= 11 is 0. The number of anilines is 2. The van der Waals surface area contributed by atoms with Crippen molar-refractivity contribution in [3.8, 4) is 11.1 Å². The van der Waals surface area contributed by atoms with Gasteiger partial charge in [0.15, 0.2) is 0 Å². The lowest BCUT2D eigenvalue weighted by Crippen LogP contribution is -2.35. The normalized spacial score (nSPS) is 14.2. The van der Waals surface area contributed by atoms with Gasteiger partial charge in [0.2, 0.25) is 0 Å². The Morgan fingerprint density at radius 3 is 2.33 bits per heavy atom. The van der Waals surface area contributed by atoms with E-state index in [1.807, 2.05) is 48.7 Å². The Balaban J connectivity index is 1.38. The van der Waals surface area contributed by atoms with Crippen molar-refractivity contribution in [2.24, 2.45) is 5.73 Å². The molecule has 1 saturated heterocycles. The van der Waals surface area contributed by atoms with Gasteiger partial charge in [-0.3, -0.25) is 14.7 Å². The second kappa shape index (κ2) is 11.5. The number of amides is 3. The maximum absolute atomic E-state index is 13.1. The number of benzene rings is 3. The fraction of sp³-hybridized carbons (Fsp3) is 0.281. The number of aromatic nitrogens is 1. The lowest BCUT2D eigenvalue weighted by Gasteiger charge is -2.26. The highest BCUT2D eigenvalue weighted by molar-refractivity contribution is 6.11. The van der Waals surface area contributed by atoms with Gasteiger partial charge < -0.3 is 21.1 Å². The molecule has 1 aliphatic heterocycles. The predicted molar refractivity (Wildman–Crippen MR) is 160 cm³/mol. The molecule has 4 N–H and O–H groups in total. The third kappa shape index (κ3) is 6.14. The maximum Gasteiger partial charge on any atom is 0.323 e. The molecular weight excluding hydrogens is 502 g/mol. The number of hydrogen-bond acceptors (Lipinski definition) is 5. The van der Waals surface area contributed by atoms with E-state index in [2.05, 4.69) is 48.4 Å². The quantitative estimate of drug-likeness (QED) is 0.289. The van der Waals surface area contributed by atoms with E-state index in [1.165, 1.54) is 0 Å². The van der Waals surface area contributed by atoms with Gasteiger partial charge >= 0.3 is 6.03 Å². The molecular formula is C32H35N5O3. The monoisotopic (exact) mass is 537 g/mol. The molecule has 0 radical (unpaired) electrons. The topological polar surface area (TPSA) is 110 Å². The molecule has 0 bridgehead atoms. The molecule has 8 heteroatoms. The van der Waals surface area contributed by atoms with Crippen LogP contribution in [-0.2, 0) is 16.7 Å². The van der Waals surface area contributed by atoms with Crippen LogP contribution >= 0.6 is 0 Å². The van der Waals surface area contributed by atoms with Crippen molar-refractivity contribution < 1.29 is 14.3 Å². The van der Waals surface area contributed by atoms with Crippen molar-refractivity contribution in [2.45, 2.75) is 32.7 Å². The number of primary amides is 1. The minimum Gasteiger partial charge on any atom is -0.379 e. The second-order valence-corrected chi connectivity index (χ2v) is 11.1. The van der Waals surface area contributed by atoms with Crippen LogP contribution in [0.2, 0.25) is 0 Å². The zero-order chi connectivity index (χ0) is 28.3. The molecule has 0 unspecified atom stereocenters. The molecule has 2 heterocycles. The second-order valence-electron chi connectivity index (χ2n) is 11.1. The average Bonchev–Trinajstić information content (AvgIpc) is 2.94. The number of carbonyl (C=O) groups excluding carboxylic acids is 2. The number of fused-ring (bicyclic) bond motifs is 1. The van der Waals surface area contributed by atoms with Crippen molar-refractivity contribution in [1.29, 1.82) is 0 Å². The molecule has 8 nitrogen and oxygen atoms in total. The third-order valence-electron chi connectivity index (χ3n) is 7.20. The van der Waals surface area contributed by atoms with E-state index in [-0.39, 0.29) is 11.0 Å². The first-order valence-electron chi connectivity index (χ1n) is 13.5. The van der Waals surface area contributed by atoms with Crippen LogP contribution in [0.4, 0.5) is 16.2 Å². The molecule has 1 fully saturated rings. The summed E-state index contributed by atoms with van der Waals surface area (Å²) in [7, 11) is 0. The van der Waals surface area contributed by atoms with E-state index in [9.17, 15) is 9.59 Å². The van der Waals surface area contributed by atoms with Crippen molar-refractivity contribution >= 4 is 34.1 Å². The largest absolute Gasteiger partial charge is 0.379 e. The summed E-state index contributed by atoms with van der Waals surface area (Å²) in [6.45, 7) is 10.4. The fourth-order valence-corrected chi connectivity index (χ4v) is 4.93. The Hall–Kier alpha value is -4.27. The number of hydrogen-bond donors (Lipinski definition) is 3. The van der Waals surface area contributed by atoms with Gasteiger partial charge in [0.1, 0.15) is 0 Å². The van der Waals surface area contributed by atoms with Crippen LogP contribution in [0, 0.1) is 0 Å². The van der Waals surface area contributed by atoms with Crippen LogP contribution in [0.5, 0.6) is 0 Å². The molecule has 3 aromatic carbocycles. The first-order chi connectivity index (χ1) is 19.2. The predicted octanol–water partition coefficient (Wildman–Crippen LogP) is 5.77. The summed E-state index contributed by atoms with van der Waals surface area (Å²) in [5.41, 5.74) is 10.7. The van der Waals surface area contributed by atoms with Gasteiger partial charge in [0, 0.05) is 36.8 Å². The van der Waals surface area contributed by atoms with Gasteiger partial charge in [0.25, 0.3) is 5.91 Å². The lowest BCUT2D eigenvalue weighted by molar-refractivity contribution is 0.0336. The van der Waals surface area contributed by atoms with Gasteiger partial charge in [-0.2, -0.15) is 0 Å². The molecule has 0 saturated carbocycles. The summed E-state index contributed by atoms with van der Waals surface area (Å²) < 4.78 is 5.44. The van der Waals surface area contributed by atoms with Crippen molar-refractivity contribution in [3.05, 3.63) is 89.7 Å². The highest BCUT2D eigenvalue weighted by Crippen LogP contribution is 2.33. The molecule has 5 rings (SSSR count). The van der Waals surface area contributed by atoms with Crippen LogP contribution in [0.3, 0.4) is 0 Å². The van der Waals surface area contributed by atoms with Crippen LogP contribution in [0.15, 0.2) is 72.9 Å². The summed E-state index contributed by atoms with van der Waals surface area (Å²) in [6, 6.07) is 20.8. The van der Waals surface area contributed by atoms with Gasteiger partial charge in [0.05, 0.1) is 35.8 Å². The van der Waals surface area contributed by atoms with E-state index in [4.69, 9.17) is 15.5 Å². The highest BCUT2D eigenvalue weighted by atomic mass is 16.5. The number of morpholine rings is 1. The Bertz CT molecular complexity index is 1540. The number of carbonyl (C=O) groups is 2. The van der Waals surface area contributed by atoms with Crippen LogP contribution in [0.25, 0.3) is 21.9 Å². The van der Waals surface area contributed by atoms with E-state index in [0.717, 1.165) is 66.0 Å². The van der Waals surface area contributed by atoms with Crippen molar-refractivity contribution in [3.63, 3.8) is 0 Å². The smallest absolute Gasteiger partial charge is 0.323 e. The SMILES string of the molecule is CC(C)(C)c1ccc(C(N)=O)c(NC(=O)Nc2ccc(-c3ccc(CN4CCOCC4)nc3)c3ccccc23)c1. The minimum atomic E-state index is -0.602. The molecule has 0 atom stereocenters. The number of urea groups is 1. The number of nitrogens with zero attached hydrogens (tertiary/aromatic N) is 2. The average molecular weight is 538 g/mol. The lowest BCUT2D eigenvalue weighted by atomic mass is 9.86. The molecule has 1 aliphatic rings. The van der Waals surface area contributed by atoms with E-state index >= 15 is 0 Å². The minimum absolute atomic E-state index is 0.162. The van der Waals surface area contributed by atoms with Crippen LogP contribution in [-0.4, -0.2) is 48.1 Å². The van der Waals surface area contributed by atoms with Gasteiger partial charge in [-0.25, -0.2) is 4.79 Å². The first-order valence-corrected chi connectivity index (χ1v) is 13.5. The van der Waals surface area contributed by atoms with E-state index in [0.29, 0.717) is 11.4 Å². The molecule has 40 heavy (non-hydrogen) atoms. The fourth-order valence-electron chi connectivity index (χ4n) is 4.93. The number of nitrogens with one attached hydrogen (secondary N) is 2. The van der Waals surface area contributed by atoms with Crippen LogP contribution in [0.1, 0.15) is 42.4 Å². The zero-order valence-corrected chi connectivity index (χ0v) is 23.2. The Labute approximate surface area is 234 Å². The summed E-state index contributed by atoms with van der Waals surface area (Å²) in [5, 5.41) is 7.68. The molecule has 0 spiro atoms. The number of pyridine rings is 1. The van der Waals surface area contributed by atoms with Gasteiger partial charge in [-0.1, -0.05) is 63.2 Å². The number of nitrogens with two attached hydrogens (primary N) is 1. The summed E-state index contributed by atoms with van der Waals surface area (Å²) in [5.74, 6) is -0.602. The molecule has 4 aromatic rings. The maximum atomic E-state index is 13.1. The Kier molecular flexibility index (Phi) is 7.82. The standard InChI is InChI=1S/C32H35N5O3/c1-32(2,3)22-9-11-27(30(33)38)29(18-22)36-31(39)35-28-13-12-24(25-6-4-5-7-26(25)28)21-8-10-23(34-19-21)20-37-14-16-40-17-15-37/h4-13,18-19H,14-17,20H2,1-3H3,(H2,33,38)(H2,35,36,39). The zero-order valence-electron chi connectivity index (χ0n) is 23.2. The highest BCUT2D eigenvalue weighted by Gasteiger charge is 2.19. The Morgan fingerprint density at radius 1 is 0.925 bits per heavy atom. The number of ether oxygens (including phenoxy) is 1.